The zero-order valence-electron chi connectivity index (χ0n) is 11.5. The molecule has 0 saturated heterocycles. The fourth-order valence-corrected chi connectivity index (χ4v) is 3.64. The number of nitrogens with zero attached hydrogens (tertiary/aromatic N) is 1. The van der Waals surface area contributed by atoms with Gasteiger partial charge >= 0.3 is 0 Å². The molecule has 1 aromatic rings. The van der Waals surface area contributed by atoms with Crippen LogP contribution in [0.5, 0.6) is 0 Å². The predicted octanol–water partition coefficient (Wildman–Crippen LogP) is 3.51. The van der Waals surface area contributed by atoms with Crippen molar-refractivity contribution in [2.75, 3.05) is 13.1 Å². The van der Waals surface area contributed by atoms with E-state index in [2.05, 4.69) is 0 Å². The largest absolute Gasteiger partial charge is 0.245 e. The molecule has 0 heterocycles. The van der Waals surface area contributed by atoms with E-state index in [1.807, 2.05) is 6.92 Å². The molecular weight excluding hydrogens is 308 g/mol. The summed E-state index contributed by atoms with van der Waals surface area (Å²) in [5.41, 5.74) is -0.417. The summed E-state index contributed by atoms with van der Waals surface area (Å²) in [6, 6.07) is 1.88. The average molecular weight is 326 g/mol. The van der Waals surface area contributed by atoms with Crippen molar-refractivity contribution in [3.8, 4) is 0 Å². The van der Waals surface area contributed by atoms with Gasteiger partial charge in [-0.05, 0) is 18.6 Å². The van der Waals surface area contributed by atoms with Gasteiger partial charge in [-0.25, -0.2) is 17.2 Å². The van der Waals surface area contributed by atoms with Gasteiger partial charge in [0.15, 0.2) is 5.82 Å². The molecule has 7 heteroatoms. The van der Waals surface area contributed by atoms with Crippen molar-refractivity contribution in [1.82, 2.24) is 4.31 Å². The summed E-state index contributed by atoms with van der Waals surface area (Å²) in [5.74, 6) is -2.36. The van der Waals surface area contributed by atoms with Gasteiger partial charge in [0.25, 0.3) is 0 Å². The molecule has 20 heavy (non-hydrogen) atoms. The van der Waals surface area contributed by atoms with Crippen LogP contribution in [0.1, 0.15) is 32.3 Å². The molecule has 0 N–H and O–H groups in total. The highest BCUT2D eigenvalue weighted by atomic mass is 35.5. The molecule has 1 rings (SSSR count). The molecule has 0 atom stereocenters. The summed E-state index contributed by atoms with van der Waals surface area (Å²) >= 11 is 5.47. The van der Waals surface area contributed by atoms with Crippen LogP contribution in [0.15, 0.2) is 17.0 Å². The lowest BCUT2D eigenvalue weighted by Gasteiger charge is -2.21. The van der Waals surface area contributed by atoms with E-state index in [1.54, 1.807) is 6.92 Å². The third-order valence-corrected chi connectivity index (χ3v) is 5.27. The molecule has 3 nitrogen and oxygen atoms in total. The van der Waals surface area contributed by atoms with E-state index in [1.165, 1.54) is 4.31 Å². The molecule has 0 spiro atoms. The number of unbranched alkanes of at least 4 members (excludes halogenated alkanes) is 1. The van der Waals surface area contributed by atoms with E-state index >= 15 is 0 Å². The molecule has 0 aliphatic carbocycles. The first-order valence-corrected chi connectivity index (χ1v) is 8.40. The van der Waals surface area contributed by atoms with E-state index in [0.717, 1.165) is 18.6 Å². The minimum Gasteiger partial charge on any atom is -0.207 e. The molecule has 1 aromatic carbocycles. The third kappa shape index (κ3) is 3.48. The Morgan fingerprint density at radius 3 is 2.40 bits per heavy atom. The van der Waals surface area contributed by atoms with Crippen molar-refractivity contribution >= 4 is 21.6 Å². The van der Waals surface area contributed by atoms with Crippen molar-refractivity contribution in [3.63, 3.8) is 0 Å². The van der Waals surface area contributed by atoms with E-state index in [-0.39, 0.29) is 6.54 Å². The van der Waals surface area contributed by atoms with Crippen LogP contribution >= 0.6 is 11.6 Å². The molecule has 0 radical (unpaired) electrons. The maximum atomic E-state index is 14.1. The van der Waals surface area contributed by atoms with E-state index in [9.17, 15) is 17.2 Å². The summed E-state index contributed by atoms with van der Waals surface area (Å²) in [5, 5.41) is 0. The average Bonchev–Trinajstić information content (AvgIpc) is 2.39. The second-order valence-electron chi connectivity index (χ2n) is 4.32. The SMILES string of the molecule is CCCCN(CC)S(=O)(=O)c1ccc(F)c(CCl)c1F. The Labute approximate surface area is 123 Å². The van der Waals surface area contributed by atoms with E-state index in [0.29, 0.717) is 13.0 Å². The Balaban J connectivity index is 3.27. The summed E-state index contributed by atoms with van der Waals surface area (Å²) in [6.45, 7) is 4.15. The van der Waals surface area contributed by atoms with Gasteiger partial charge in [-0.15, -0.1) is 11.6 Å². The highest BCUT2D eigenvalue weighted by Gasteiger charge is 2.28. The van der Waals surface area contributed by atoms with Crippen LogP contribution in [-0.2, 0) is 15.9 Å². The van der Waals surface area contributed by atoms with Crippen LogP contribution in [0.25, 0.3) is 0 Å². The lowest BCUT2D eigenvalue weighted by Crippen LogP contribution is -2.32. The Bertz CT molecular complexity index is 564. The molecule has 0 amide bonds. The number of alkyl halides is 1. The maximum Gasteiger partial charge on any atom is 0.245 e. The Kier molecular flexibility index (Phi) is 6.36. The highest BCUT2D eigenvalue weighted by molar-refractivity contribution is 7.89. The molecule has 0 unspecified atom stereocenters. The summed E-state index contributed by atoms with van der Waals surface area (Å²) in [7, 11) is -3.97. The monoisotopic (exact) mass is 325 g/mol. The van der Waals surface area contributed by atoms with Crippen molar-refractivity contribution in [3.05, 3.63) is 29.3 Å². The normalized spacial score (nSPS) is 12.1. The van der Waals surface area contributed by atoms with Crippen molar-refractivity contribution in [2.24, 2.45) is 0 Å². The van der Waals surface area contributed by atoms with Crippen LogP contribution < -0.4 is 0 Å². The Morgan fingerprint density at radius 2 is 1.90 bits per heavy atom. The Morgan fingerprint density at radius 1 is 1.25 bits per heavy atom. The maximum absolute atomic E-state index is 14.1. The lowest BCUT2D eigenvalue weighted by molar-refractivity contribution is 0.414. The van der Waals surface area contributed by atoms with Crippen LogP contribution in [0.3, 0.4) is 0 Å². The first-order chi connectivity index (χ1) is 9.39. The number of sulfonamides is 1. The topological polar surface area (TPSA) is 37.4 Å². The number of hydrogen-bond acceptors (Lipinski definition) is 2. The molecule has 0 saturated carbocycles. The van der Waals surface area contributed by atoms with E-state index in [4.69, 9.17) is 11.6 Å². The van der Waals surface area contributed by atoms with Gasteiger partial charge in [0.05, 0.1) is 5.88 Å². The smallest absolute Gasteiger partial charge is 0.207 e. The van der Waals surface area contributed by atoms with E-state index < -0.39 is 38.0 Å². The third-order valence-electron chi connectivity index (χ3n) is 3.02. The second kappa shape index (κ2) is 7.33. The van der Waals surface area contributed by atoms with Gasteiger partial charge in [-0.3, -0.25) is 0 Å². The van der Waals surface area contributed by atoms with Crippen LogP contribution in [0.4, 0.5) is 8.78 Å². The minimum absolute atomic E-state index is 0.232. The number of benzene rings is 1. The quantitative estimate of drug-likeness (QED) is 0.719. The summed E-state index contributed by atoms with van der Waals surface area (Å²) < 4.78 is 53.5. The second-order valence-corrected chi connectivity index (χ2v) is 6.50. The van der Waals surface area contributed by atoms with Crippen molar-refractivity contribution in [2.45, 2.75) is 37.5 Å². The lowest BCUT2D eigenvalue weighted by atomic mass is 10.2. The standard InChI is InChI=1S/C13H18ClF2NO2S/c1-3-5-8-17(4-2)20(18,19)12-7-6-11(15)10(9-14)13(12)16/h6-7H,3-5,8-9H2,1-2H3. The molecule has 0 aromatic heterocycles. The molecule has 0 fully saturated rings. The first kappa shape index (κ1) is 17.3. The van der Waals surface area contributed by atoms with Crippen LogP contribution in [0.2, 0.25) is 0 Å². The minimum atomic E-state index is -3.97. The molecule has 0 aliphatic heterocycles. The molecule has 0 aliphatic rings. The highest BCUT2D eigenvalue weighted by Crippen LogP contribution is 2.25. The fraction of sp³-hybridized carbons (Fsp3) is 0.538. The molecule has 0 bridgehead atoms. The first-order valence-electron chi connectivity index (χ1n) is 6.43. The fourth-order valence-electron chi connectivity index (χ4n) is 1.82. The number of halogens is 3. The van der Waals surface area contributed by atoms with Gasteiger partial charge in [0.2, 0.25) is 10.0 Å². The summed E-state index contributed by atoms with van der Waals surface area (Å²) in [6.07, 6.45) is 1.50. The molecular formula is C13H18ClF2NO2S. The van der Waals surface area contributed by atoms with Crippen molar-refractivity contribution in [1.29, 1.82) is 0 Å². The van der Waals surface area contributed by atoms with Gasteiger partial charge in [-0.2, -0.15) is 4.31 Å². The number of rotatable bonds is 7. The van der Waals surface area contributed by atoms with Crippen molar-refractivity contribution < 1.29 is 17.2 Å². The molecule has 114 valence electrons. The van der Waals surface area contributed by atoms with Gasteiger partial charge in [-0.1, -0.05) is 20.3 Å². The predicted molar refractivity (Wildman–Crippen MR) is 75.3 cm³/mol. The van der Waals surface area contributed by atoms with Crippen LogP contribution in [-0.4, -0.2) is 25.8 Å². The van der Waals surface area contributed by atoms with Gasteiger partial charge in [0.1, 0.15) is 10.7 Å². The Hall–Kier alpha value is -0.720. The van der Waals surface area contributed by atoms with Crippen LogP contribution in [0, 0.1) is 11.6 Å². The number of hydrogen-bond donors (Lipinski definition) is 0. The zero-order valence-corrected chi connectivity index (χ0v) is 13.1. The zero-order chi connectivity index (χ0) is 15.3. The van der Waals surface area contributed by atoms with Gasteiger partial charge < -0.3 is 0 Å². The van der Waals surface area contributed by atoms with Gasteiger partial charge in [0, 0.05) is 18.7 Å². The summed E-state index contributed by atoms with van der Waals surface area (Å²) in [4.78, 5) is -0.521.